The Bertz CT molecular complexity index is 1510. The number of carboxylic acid groups (broad SMARTS) is 1. The van der Waals surface area contributed by atoms with Crippen LogP contribution >= 0.6 is 0 Å². The first kappa shape index (κ1) is 43.2. The van der Waals surface area contributed by atoms with Gasteiger partial charge in [-0.3, -0.25) is 33.7 Å². The molecule has 1 aliphatic rings. The van der Waals surface area contributed by atoms with Gasteiger partial charge in [-0.1, -0.05) is 18.6 Å². The van der Waals surface area contributed by atoms with Crippen molar-refractivity contribution in [3.05, 3.63) is 42.0 Å². The summed E-state index contributed by atoms with van der Waals surface area (Å²) >= 11 is 0. The molecule has 0 aromatic heterocycles. The number of carboxylic acids is 1. The number of imide groups is 1. The summed E-state index contributed by atoms with van der Waals surface area (Å²) in [6.45, 7) is 1.30. The van der Waals surface area contributed by atoms with Gasteiger partial charge in [-0.2, -0.15) is 0 Å². The fraction of sp³-hybridized carbons (Fsp3) is 0.500. The minimum atomic E-state index is -1.15. The van der Waals surface area contributed by atoms with Crippen LogP contribution in [0.15, 0.2) is 36.4 Å². The highest BCUT2D eigenvalue weighted by Gasteiger charge is 2.24. The molecule has 1 unspecified atom stereocenters. The molecular formula is C34H48N8O11. The zero-order valence-electron chi connectivity index (χ0n) is 30.1. The van der Waals surface area contributed by atoms with E-state index in [2.05, 4.69) is 21.3 Å². The number of primary amides is 1. The highest BCUT2D eigenvalue weighted by molar-refractivity contribution is 6.12. The third-order valence-corrected chi connectivity index (χ3v) is 8.14. The minimum Gasteiger partial charge on any atom is -0.480 e. The van der Waals surface area contributed by atoms with Crippen LogP contribution in [-0.4, -0.2) is 126 Å². The largest absolute Gasteiger partial charge is 0.480 e. The van der Waals surface area contributed by atoms with E-state index in [0.717, 1.165) is 9.80 Å². The molecule has 0 saturated heterocycles. The average Bonchev–Trinajstić information content (AvgIpc) is 3.44. The molecule has 1 aromatic rings. The number of rotatable bonds is 22. The maximum Gasteiger partial charge on any atom is 0.409 e. The lowest BCUT2D eigenvalue weighted by molar-refractivity contribution is -0.148. The summed E-state index contributed by atoms with van der Waals surface area (Å²) in [4.78, 5) is 111. The summed E-state index contributed by atoms with van der Waals surface area (Å²) in [5.41, 5.74) is 6.06. The topological polar surface area (TPSA) is 267 Å². The molecule has 19 heteroatoms. The smallest absolute Gasteiger partial charge is 0.409 e. The van der Waals surface area contributed by atoms with Crippen LogP contribution in [0.1, 0.15) is 57.4 Å². The van der Waals surface area contributed by atoms with E-state index in [9.17, 15) is 43.2 Å². The molecule has 0 fully saturated rings. The van der Waals surface area contributed by atoms with Crippen molar-refractivity contribution in [3.63, 3.8) is 0 Å². The zero-order chi connectivity index (χ0) is 39.5. The van der Waals surface area contributed by atoms with Gasteiger partial charge in [-0.15, -0.1) is 0 Å². The molecular weight excluding hydrogens is 696 g/mol. The summed E-state index contributed by atoms with van der Waals surface area (Å²) in [5, 5.41) is 19.3. The molecule has 0 spiro atoms. The standard InChI is InChI=1S/C34H48N8O11/c1-22(32(49)50)41(3)28(45)16-19-40(2)34(52)53-21-23-10-12-24(13-11-23)38-31(48)25(8-7-17-36-33(35)51)39-27(44)20-37-26(43)9-5-4-6-18-42-29(46)14-15-30(42)47/h10-15,22,25H,4-9,16-21H2,1-3H3,(H,37,43)(H,38,48)(H,39,44)(H,49,50)(H3,35,36,51)/t22-,25?/m0/s1. The summed E-state index contributed by atoms with van der Waals surface area (Å²) in [5.74, 6) is -3.88. The lowest BCUT2D eigenvalue weighted by Crippen LogP contribution is -2.47. The Balaban J connectivity index is 1.81. The quantitative estimate of drug-likeness (QED) is 0.0682. The molecule has 2 rings (SSSR count). The number of hydrogen-bond acceptors (Lipinski definition) is 10. The zero-order valence-corrected chi connectivity index (χ0v) is 30.1. The Kier molecular flexibility index (Phi) is 17.9. The Labute approximate surface area is 306 Å². The third kappa shape index (κ3) is 15.8. The predicted octanol–water partition coefficient (Wildman–Crippen LogP) is 0.0500. The molecule has 0 radical (unpaired) electrons. The first-order chi connectivity index (χ1) is 25.1. The Morgan fingerprint density at radius 1 is 0.887 bits per heavy atom. The van der Waals surface area contributed by atoms with Gasteiger partial charge in [-0.25, -0.2) is 14.4 Å². The molecule has 1 aliphatic heterocycles. The van der Waals surface area contributed by atoms with Gasteiger partial charge in [0.15, 0.2) is 0 Å². The van der Waals surface area contributed by atoms with Gasteiger partial charge in [0.25, 0.3) is 11.8 Å². The summed E-state index contributed by atoms with van der Waals surface area (Å²) < 4.78 is 5.28. The molecule has 0 saturated carbocycles. The summed E-state index contributed by atoms with van der Waals surface area (Å²) in [7, 11) is 2.81. The van der Waals surface area contributed by atoms with Gasteiger partial charge in [0.2, 0.25) is 23.6 Å². The van der Waals surface area contributed by atoms with E-state index < -0.39 is 47.9 Å². The minimum absolute atomic E-state index is 0.00902. The van der Waals surface area contributed by atoms with Crippen molar-refractivity contribution in [1.29, 1.82) is 0 Å². The number of likely N-dealkylation sites (N-methyl/N-ethyl adjacent to an activating group) is 1. The van der Waals surface area contributed by atoms with Crippen LogP contribution in [0.2, 0.25) is 0 Å². The van der Waals surface area contributed by atoms with Crippen LogP contribution in [-0.2, 0) is 44.9 Å². The molecule has 290 valence electrons. The van der Waals surface area contributed by atoms with E-state index in [1.807, 2.05) is 0 Å². The second-order valence-corrected chi connectivity index (χ2v) is 12.2. The highest BCUT2D eigenvalue weighted by atomic mass is 16.6. The molecule has 1 heterocycles. The second-order valence-electron chi connectivity index (χ2n) is 12.2. The van der Waals surface area contributed by atoms with Gasteiger partial charge in [0, 0.05) is 64.4 Å². The van der Waals surface area contributed by atoms with E-state index in [4.69, 9.17) is 15.6 Å². The van der Waals surface area contributed by atoms with Gasteiger partial charge < -0.3 is 46.6 Å². The number of anilines is 1. The van der Waals surface area contributed by atoms with Crippen molar-refractivity contribution >= 4 is 59.2 Å². The van der Waals surface area contributed by atoms with Crippen molar-refractivity contribution in [1.82, 2.24) is 30.7 Å². The maximum absolute atomic E-state index is 13.1. The second kappa shape index (κ2) is 22.0. The lowest BCUT2D eigenvalue weighted by atomic mass is 10.1. The number of ether oxygens (including phenoxy) is 1. The van der Waals surface area contributed by atoms with Crippen LogP contribution in [0.25, 0.3) is 0 Å². The van der Waals surface area contributed by atoms with Crippen LogP contribution < -0.4 is 27.0 Å². The fourth-order valence-electron chi connectivity index (χ4n) is 4.76. The molecule has 7 N–H and O–H groups in total. The monoisotopic (exact) mass is 744 g/mol. The lowest BCUT2D eigenvalue weighted by Gasteiger charge is -2.23. The number of aliphatic carboxylic acids is 1. The number of nitrogens with zero attached hydrogens (tertiary/aromatic N) is 3. The third-order valence-electron chi connectivity index (χ3n) is 8.14. The number of nitrogens with one attached hydrogen (secondary N) is 4. The Hall–Kier alpha value is -6.01. The van der Waals surface area contributed by atoms with E-state index >= 15 is 0 Å². The first-order valence-corrected chi connectivity index (χ1v) is 17.0. The summed E-state index contributed by atoms with van der Waals surface area (Å²) in [6.07, 6.45) is 3.76. The molecule has 1 aromatic carbocycles. The number of nitrogens with two attached hydrogens (primary N) is 1. The fourth-order valence-corrected chi connectivity index (χ4v) is 4.76. The van der Waals surface area contributed by atoms with Gasteiger partial charge in [0.1, 0.15) is 18.7 Å². The molecule has 19 nitrogen and oxygen atoms in total. The molecule has 0 bridgehead atoms. The van der Waals surface area contributed by atoms with E-state index in [-0.39, 0.29) is 69.8 Å². The van der Waals surface area contributed by atoms with Crippen molar-refractivity contribution in [2.75, 3.05) is 45.6 Å². The van der Waals surface area contributed by atoms with Crippen LogP contribution in [0.3, 0.4) is 0 Å². The number of carbonyl (C=O) groups is 9. The number of benzene rings is 1. The van der Waals surface area contributed by atoms with E-state index in [1.165, 1.54) is 38.1 Å². The van der Waals surface area contributed by atoms with Gasteiger partial charge in [-0.05, 0) is 50.3 Å². The van der Waals surface area contributed by atoms with Gasteiger partial charge in [0.05, 0.1) is 6.54 Å². The van der Waals surface area contributed by atoms with Crippen LogP contribution in [0.5, 0.6) is 0 Å². The van der Waals surface area contributed by atoms with E-state index in [0.29, 0.717) is 36.9 Å². The maximum atomic E-state index is 13.1. The van der Waals surface area contributed by atoms with Crippen molar-refractivity contribution in [2.45, 2.75) is 70.6 Å². The number of urea groups is 1. The Morgan fingerprint density at radius 2 is 1.55 bits per heavy atom. The molecule has 2 atom stereocenters. The van der Waals surface area contributed by atoms with Crippen molar-refractivity contribution in [3.8, 4) is 0 Å². The highest BCUT2D eigenvalue weighted by Crippen LogP contribution is 2.13. The molecule has 53 heavy (non-hydrogen) atoms. The van der Waals surface area contributed by atoms with Crippen molar-refractivity contribution in [2.24, 2.45) is 5.73 Å². The predicted molar refractivity (Wildman–Crippen MR) is 188 cm³/mol. The molecule has 0 aliphatic carbocycles. The van der Waals surface area contributed by atoms with Crippen LogP contribution in [0, 0.1) is 0 Å². The van der Waals surface area contributed by atoms with E-state index in [1.54, 1.807) is 24.3 Å². The number of amides is 9. The number of hydrogen-bond donors (Lipinski definition) is 6. The molecule has 9 amide bonds. The first-order valence-electron chi connectivity index (χ1n) is 17.0. The van der Waals surface area contributed by atoms with Gasteiger partial charge >= 0.3 is 18.1 Å². The normalized spacial score (nSPS) is 13.1. The number of carbonyl (C=O) groups excluding carboxylic acids is 8. The van der Waals surface area contributed by atoms with Crippen LogP contribution in [0.4, 0.5) is 15.3 Å². The Morgan fingerprint density at radius 3 is 2.17 bits per heavy atom. The average molecular weight is 745 g/mol. The van der Waals surface area contributed by atoms with Crippen molar-refractivity contribution < 1.29 is 53.0 Å². The number of unbranched alkanes of at least 4 members (excludes halogenated alkanes) is 2. The SMILES string of the molecule is C[C@@H](C(=O)O)N(C)C(=O)CCN(C)C(=O)OCc1ccc(NC(=O)C(CCCNC(N)=O)NC(=O)CNC(=O)CCCCCN2C(=O)C=CC2=O)cc1. The summed E-state index contributed by atoms with van der Waals surface area (Å²) in [6, 6.07) is 3.56.